The third kappa shape index (κ3) is 6.59. The van der Waals surface area contributed by atoms with Crippen molar-refractivity contribution >= 4 is 28.2 Å². The van der Waals surface area contributed by atoms with Gasteiger partial charge in [-0.25, -0.2) is 0 Å². The fourth-order valence-corrected chi connectivity index (χ4v) is 6.38. The maximum atomic E-state index is 12.8. The lowest BCUT2D eigenvalue weighted by Gasteiger charge is -2.37. The Bertz CT molecular complexity index is 1560. The smallest absolute Gasteiger partial charge is 0.318 e. The van der Waals surface area contributed by atoms with Crippen molar-refractivity contribution in [3.05, 3.63) is 47.7 Å². The minimum absolute atomic E-state index is 0.0998. The summed E-state index contributed by atoms with van der Waals surface area (Å²) in [6.07, 6.45) is 2.34. The summed E-state index contributed by atoms with van der Waals surface area (Å²) in [4.78, 5) is 29.7. The number of nitrogens with zero attached hydrogens (tertiary/aromatic N) is 6. The number of nitriles is 1. The SMILES string of the molecule is CN1CC[C@@H](COc2nc3c(c(N4CCN[C@@H](CC#N)C4)n2)CCN(c2cc(OC(=O)C(C)(C)C)cc4ccccc24)C3)C1. The first kappa shape index (κ1) is 30.1. The minimum Gasteiger partial charge on any atom is -0.463 e. The van der Waals surface area contributed by atoms with Gasteiger partial charge in [0.25, 0.3) is 0 Å². The Morgan fingerprint density at radius 3 is 2.73 bits per heavy atom. The molecular formula is C34H43N7O3. The van der Waals surface area contributed by atoms with E-state index in [1.807, 2.05) is 45.0 Å². The van der Waals surface area contributed by atoms with E-state index in [9.17, 15) is 10.1 Å². The zero-order valence-corrected chi connectivity index (χ0v) is 26.3. The molecule has 232 valence electrons. The van der Waals surface area contributed by atoms with Crippen LogP contribution in [0, 0.1) is 22.7 Å². The van der Waals surface area contributed by atoms with E-state index in [0.29, 0.717) is 37.3 Å². The van der Waals surface area contributed by atoms with Crippen LogP contribution in [0.15, 0.2) is 36.4 Å². The predicted molar refractivity (Wildman–Crippen MR) is 171 cm³/mol. The van der Waals surface area contributed by atoms with Gasteiger partial charge in [-0.05, 0) is 58.7 Å². The number of hydrogen-bond donors (Lipinski definition) is 1. The Balaban J connectivity index is 1.33. The molecule has 3 aromatic rings. The highest BCUT2D eigenvalue weighted by Gasteiger charge is 2.30. The topological polar surface area (TPSA) is 107 Å². The molecule has 2 fully saturated rings. The lowest BCUT2D eigenvalue weighted by molar-refractivity contribution is -0.142. The van der Waals surface area contributed by atoms with Crippen molar-refractivity contribution in [3.8, 4) is 17.8 Å². The monoisotopic (exact) mass is 597 g/mol. The summed E-state index contributed by atoms with van der Waals surface area (Å²) in [6.45, 7) is 12.0. The maximum Gasteiger partial charge on any atom is 0.318 e. The van der Waals surface area contributed by atoms with Gasteiger partial charge < -0.3 is 29.5 Å². The average Bonchev–Trinajstić information content (AvgIpc) is 3.43. The summed E-state index contributed by atoms with van der Waals surface area (Å²) in [5, 5.41) is 14.9. The highest BCUT2D eigenvalue weighted by molar-refractivity contribution is 5.96. The molecule has 0 unspecified atom stereocenters. The number of fused-ring (bicyclic) bond motifs is 2. The number of aromatic nitrogens is 2. The third-order valence-corrected chi connectivity index (χ3v) is 8.83. The maximum absolute atomic E-state index is 12.8. The van der Waals surface area contributed by atoms with Crippen LogP contribution in [0.25, 0.3) is 10.8 Å². The van der Waals surface area contributed by atoms with E-state index < -0.39 is 5.41 Å². The molecule has 1 aromatic heterocycles. The lowest BCUT2D eigenvalue weighted by Crippen LogP contribution is -2.51. The molecule has 2 saturated heterocycles. The highest BCUT2D eigenvalue weighted by Crippen LogP contribution is 2.37. The molecule has 6 rings (SSSR count). The molecule has 10 heteroatoms. The third-order valence-electron chi connectivity index (χ3n) is 8.83. The van der Waals surface area contributed by atoms with Gasteiger partial charge in [0.1, 0.15) is 11.6 Å². The van der Waals surface area contributed by atoms with Gasteiger partial charge in [0.2, 0.25) is 0 Å². The number of nitrogens with one attached hydrogen (secondary N) is 1. The summed E-state index contributed by atoms with van der Waals surface area (Å²) >= 11 is 0. The van der Waals surface area contributed by atoms with Gasteiger partial charge in [-0.3, -0.25) is 4.79 Å². The van der Waals surface area contributed by atoms with Crippen LogP contribution in [0.2, 0.25) is 0 Å². The minimum atomic E-state index is -0.607. The molecule has 2 aromatic carbocycles. The van der Waals surface area contributed by atoms with E-state index in [-0.39, 0.29) is 12.0 Å². The van der Waals surface area contributed by atoms with Gasteiger partial charge in [0.15, 0.2) is 0 Å². The normalized spacial score (nSPS) is 20.8. The molecule has 0 amide bonds. The van der Waals surface area contributed by atoms with Crippen molar-refractivity contribution in [3.63, 3.8) is 0 Å². The van der Waals surface area contributed by atoms with Crippen LogP contribution < -0.4 is 24.6 Å². The average molecular weight is 598 g/mol. The number of piperazine rings is 1. The van der Waals surface area contributed by atoms with E-state index >= 15 is 0 Å². The number of esters is 1. The number of rotatable bonds is 7. The molecule has 0 saturated carbocycles. The van der Waals surface area contributed by atoms with Gasteiger partial charge in [-0.2, -0.15) is 15.2 Å². The fraction of sp³-hybridized carbons (Fsp3) is 0.529. The van der Waals surface area contributed by atoms with Crippen LogP contribution >= 0.6 is 0 Å². The zero-order chi connectivity index (χ0) is 30.8. The number of hydrogen-bond acceptors (Lipinski definition) is 10. The Morgan fingerprint density at radius 1 is 1.11 bits per heavy atom. The molecule has 0 bridgehead atoms. The molecule has 2 atom stereocenters. The van der Waals surface area contributed by atoms with Crippen molar-refractivity contribution in [1.82, 2.24) is 20.2 Å². The quantitative estimate of drug-likeness (QED) is 0.315. The molecule has 0 spiro atoms. The Labute approximate surface area is 260 Å². The van der Waals surface area contributed by atoms with E-state index in [2.05, 4.69) is 45.3 Å². The summed E-state index contributed by atoms with van der Waals surface area (Å²) in [6, 6.07) is 15.0. The number of benzene rings is 2. The highest BCUT2D eigenvalue weighted by atomic mass is 16.5. The first-order valence-corrected chi connectivity index (χ1v) is 15.7. The molecule has 3 aliphatic rings. The number of carbonyl (C=O) groups excluding carboxylic acids is 1. The van der Waals surface area contributed by atoms with Gasteiger partial charge >= 0.3 is 12.0 Å². The summed E-state index contributed by atoms with van der Waals surface area (Å²) in [5.74, 6) is 1.67. The van der Waals surface area contributed by atoms with Gasteiger partial charge in [-0.1, -0.05) is 24.3 Å². The summed E-state index contributed by atoms with van der Waals surface area (Å²) < 4.78 is 12.2. The predicted octanol–water partition coefficient (Wildman–Crippen LogP) is 4.17. The van der Waals surface area contributed by atoms with Gasteiger partial charge in [-0.15, -0.1) is 0 Å². The first-order chi connectivity index (χ1) is 21.2. The number of likely N-dealkylation sites (tertiary alicyclic amines) is 1. The van der Waals surface area contributed by atoms with Gasteiger partial charge in [0.05, 0.1) is 36.8 Å². The van der Waals surface area contributed by atoms with E-state index in [4.69, 9.17) is 19.4 Å². The van der Waals surface area contributed by atoms with Crippen LogP contribution in [-0.4, -0.2) is 79.8 Å². The lowest BCUT2D eigenvalue weighted by atomic mass is 9.97. The molecule has 10 nitrogen and oxygen atoms in total. The molecule has 3 aliphatic heterocycles. The molecule has 44 heavy (non-hydrogen) atoms. The van der Waals surface area contributed by atoms with Crippen molar-refractivity contribution < 1.29 is 14.3 Å². The summed E-state index contributed by atoms with van der Waals surface area (Å²) in [7, 11) is 2.15. The first-order valence-electron chi connectivity index (χ1n) is 15.7. The Morgan fingerprint density at radius 2 is 1.95 bits per heavy atom. The van der Waals surface area contributed by atoms with E-state index in [0.717, 1.165) is 85.6 Å². The molecule has 0 radical (unpaired) electrons. The standard InChI is InChI=1S/C34H43N7O3/c1-34(2,3)32(42)44-26-17-24-7-5-6-8-27(24)30(18-26)40-15-11-28-29(21-40)37-33(43-22-23-10-14-39(4)19-23)38-31(28)41-16-13-36-25(20-41)9-12-35/h5-8,17-18,23,25,36H,9-11,13-16,19-22H2,1-4H3/t23-,25+/m1/s1. The van der Waals surface area contributed by atoms with Crippen LogP contribution in [-0.2, 0) is 17.8 Å². The van der Waals surface area contributed by atoms with Crippen LogP contribution in [0.3, 0.4) is 0 Å². The zero-order valence-electron chi connectivity index (χ0n) is 26.3. The Hall–Kier alpha value is -3.94. The fourth-order valence-electron chi connectivity index (χ4n) is 6.38. The van der Waals surface area contributed by atoms with Crippen LogP contribution in [0.1, 0.15) is 44.9 Å². The van der Waals surface area contributed by atoms with Crippen molar-refractivity contribution in [1.29, 1.82) is 5.26 Å². The molecule has 4 heterocycles. The molecule has 1 N–H and O–H groups in total. The van der Waals surface area contributed by atoms with Crippen LogP contribution in [0.4, 0.5) is 11.5 Å². The largest absolute Gasteiger partial charge is 0.463 e. The summed E-state index contributed by atoms with van der Waals surface area (Å²) in [5.41, 5.74) is 2.50. The van der Waals surface area contributed by atoms with E-state index in [1.165, 1.54) is 0 Å². The van der Waals surface area contributed by atoms with Crippen LogP contribution in [0.5, 0.6) is 11.8 Å². The second-order valence-electron chi connectivity index (χ2n) is 13.4. The number of anilines is 2. The Kier molecular flexibility index (Phi) is 8.61. The number of carbonyl (C=O) groups is 1. The molecule has 0 aliphatic carbocycles. The van der Waals surface area contributed by atoms with Crippen molar-refractivity contribution in [2.24, 2.45) is 11.3 Å². The molecular weight excluding hydrogens is 554 g/mol. The number of ether oxygens (including phenoxy) is 2. The van der Waals surface area contributed by atoms with Crippen molar-refractivity contribution in [2.75, 3.05) is 62.7 Å². The second-order valence-corrected chi connectivity index (χ2v) is 13.4. The van der Waals surface area contributed by atoms with E-state index in [1.54, 1.807) is 0 Å². The second kappa shape index (κ2) is 12.6. The van der Waals surface area contributed by atoms with Gasteiger partial charge in [0, 0.05) is 67.4 Å². The van der Waals surface area contributed by atoms with Crippen molar-refractivity contribution in [2.45, 2.75) is 52.6 Å².